The molecule has 0 spiro atoms. The number of nitrogens with one attached hydrogen (secondary N) is 1. The predicted octanol–water partition coefficient (Wildman–Crippen LogP) is 4.93. The van der Waals surface area contributed by atoms with Crippen LogP contribution in [0, 0.1) is 0 Å². The summed E-state index contributed by atoms with van der Waals surface area (Å²) >= 11 is 1.64. The lowest BCUT2D eigenvalue weighted by atomic mass is 10.1. The molecule has 0 radical (unpaired) electrons. The number of ether oxygens (including phenoxy) is 2. The van der Waals surface area contributed by atoms with Gasteiger partial charge in [-0.1, -0.05) is 12.1 Å². The second-order valence-corrected chi connectivity index (χ2v) is 7.16. The predicted molar refractivity (Wildman–Crippen MR) is 119 cm³/mol. The Bertz CT molecular complexity index is 943. The number of anilines is 2. The van der Waals surface area contributed by atoms with Crippen molar-refractivity contribution in [2.45, 2.75) is 13.8 Å². The topological polar surface area (TPSA) is 63.7 Å². The molecule has 2 aromatic carbocycles. The average Bonchev–Trinajstić information content (AvgIpc) is 3.24. The summed E-state index contributed by atoms with van der Waals surface area (Å²) in [6, 6.07) is 12.8. The third-order valence-corrected chi connectivity index (χ3v) is 5.48. The van der Waals surface area contributed by atoms with Crippen LogP contribution in [-0.4, -0.2) is 38.2 Å². The number of carbonyl (C=O) groups excluding carboxylic acids is 1. The molecule has 6 nitrogen and oxygen atoms in total. The van der Waals surface area contributed by atoms with Gasteiger partial charge >= 0.3 is 0 Å². The lowest BCUT2D eigenvalue weighted by Crippen LogP contribution is -2.21. The molecule has 3 aromatic rings. The van der Waals surface area contributed by atoms with Crippen molar-refractivity contribution in [3.63, 3.8) is 0 Å². The van der Waals surface area contributed by atoms with Crippen LogP contribution < -0.4 is 19.7 Å². The fourth-order valence-corrected chi connectivity index (χ4v) is 3.87. The molecular weight excluding hydrogens is 386 g/mol. The molecule has 152 valence electrons. The summed E-state index contributed by atoms with van der Waals surface area (Å²) < 4.78 is 10.5. The van der Waals surface area contributed by atoms with Crippen molar-refractivity contribution in [1.29, 1.82) is 0 Å². The summed E-state index contributed by atoms with van der Waals surface area (Å²) in [4.78, 5) is 19.6. The van der Waals surface area contributed by atoms with Gasteiger partial charge in [0.1, 0.15) is 11.5 Å². The molecule has 0 aliphatic rings. The molecule has 0 fully saturated rings. The molecule has 0 unspecified atom stereocenters. The summed E-state index contributed by atoms with van der Waals surface area (Å²) in [6.07, 6.45) is 0. The van der Waals surface area contributed by atoms with Crippen molar-refractivity contribution < 1.29 is 14.3 Å². The van der Waals surface area contributed by atoms with Crippen molar-refractivity contribution >= 4 is 28.1 Å². The zero-order valence-electron chi connectivity index (χ0n) is 17.1. The van der Waals surface area contributed by atoms with E-state index in [9.17, 15) is 4.79 Å². The summed E-state index contributed by atoms with van der Waals surface area (Å²) in [5.74, 6) is 0.905. The molecule has 0 aliphatic carbocycles. The van der Waals surface area contributed by atoms with Gasteiger partial charge in [0.15, 0.2) is 5.13 Å². The Kier molecular flexibility index (Phi) is 6.72. The zero-order chi connectivity index (χ0) is 20.8. The van der Waals surface area contributed by atoms with E-state index in [1.807, 2.05) is 24.3 Å². The van der Waals surface area contributed by atoms with Crippen LogP contribution >= 0.6 is 11.3 Å². The van der Waals surface area contributed by atoms with E-state index in [0.29, 0.717) is 22.7 Å². The first-order valence-electron chi connectivity index (χ1n) is 9.43. The van der Waals surface area contributed by atoms with Crippen LogP contribution in [0.15, 0.2) is 47.8 Å². The number of thiazole rings is 1. The number of hydrogen-bond donors (Lipinski definition) is 1. The maximum absolute atomic E-state index is 12.6. The molecule has 0 aliphatic heterocycles. The number of carbonyl (C=O) groups is 1. The highest BCUT2D eigenvalue weighted by Gasteiger charge is 2.12. The number of benzene rings is 2. The third-order valence-electron chi connectivity index (χ3n) is 4.58. The SMILES string of the molecule is CCN(CC)c1nc(-c2ccc(NC(=O)c3cc(OC)cc(OC)c3)cc2)cs1. The normalized spacial score (nSPS) is 10.5. The zero-order valence-corrected chi connectivity index (χ0v) is 17.9. The molecule has 7 heteroatoms. The van der Waals surface area contributed by atoms with Crippen molar-refractivity contribution in [3.8, 4) is 22.8 Å². The van der Waals surface area contributed by atoms with Gasteiger partial charge in [-0.25, -0.2) is 4.98 Å². The third kappa shape index (κ3) is 4.86. The van der Waals surface area contributed by atoms with Crippen LogP contribution in [0.25, 0.3) is 11.3 Å². The summed E-state index contributed by atoms with van der Waals surface area (Å²) in [5, 5.41) is 5.99. The smallest absolute Gasteiger partial charge is 0.255 e. The van der Waals surface area contributed by atoms with Crippen LogP contribution in [-0.2, 0) is 0 Å². The van der Waals surface area contributed by atoms with Gasteiger partial charge < -0.3 is 19.7 Å². The van der Waals surface area contributed by atoms with Crippen LogP contribution in [0.3, 0.4) is 0 Å². The molecule has 0 bridgehead atoms. The van der Waals surface area contributed by atoms with Gasteiger partial charge in [-0.15, -0.1) is 11.3 Å². The highest BCUT2D eigenvalue weighted by molar-refractivity contribution is 7.14. The Morgan fingerprint density at radius 3 is 2.21 bits per heavy atom. The minimum absolute atomic E-state index is 0.229. The van der Waals surface area contributed by atoms with Gasteiger partial charge in [-0.2, -0.15) is 0 Å². The van der Waals surface area contributed by atoms with E-state index in [1.165, 1.54) is 0 Å². The van der Waals surface area contributed by atoms with Crippen LogP contribution in [0.2, 0.25) is 0 Å². The van der Waals surface area contributed by atoms with Crippen molar-refractivity contribution in [2.24, 2.45) is 0 Å². The number of aromatic nitrogens is 1. The first kappa shape index (κ1) is 20.7. The average molecular weight is 412 g/mol. The van der Waals surface area contributed by atoms with Gasteiger partial charge in [0.05, 0.1) is 19.9 Å². The maximum Gasteiger partial charge on any atom is 0.255 e. The van der Waals surface area contributed by atoms with Crippen molar-refractivity contribution in [1.82, 2.24) is 4.98 Å². The van der Waals surface area contributed by atoms with Crippen LogP contribution in [0.5, 0.6) is 11.5 Å². The van der Waals surface area contributed by atoms with Gasteiger partial charge in [-0.3, -0.25) is 4.79 Å². The molecule has 1 N–H and O–H groups in total. The first-order chi connectivity index (χ1) is 14.1. The Morgan fingerprint density at radius 2 is 1.66 bits per heavy atom. The van der Waals surface area contributed by atoms with Crippen LogP contribution in [0.4, 0.5) is 10.8 Å². The first-order valence-corrected chi connectivity index (χ1v) is 10.3. The fourth-order valence-electron chi connectivity index (χ4n) is 2.90. The Balaban J connectivity index is 1.73. The van der Waals surface area contributed by atoms with E-state index >= 15 is 0 Å². The fraction of sp³-hybridized carbons (Fsp3) is 0.273. The van der Waals surface area contributed by atoms with Crippen molar-refractivity contribution in [2.75, 3.05) is 37.5 Å². The minimum Gasteiger partial charge on any atom is -0.497 e. The van der Waals surface area contributed by atoms with Gasteiger partial charge in [0.2, 0.25) is 0 Å². The lowest BCUT2D eigenvalue weighted by molar-refractivity contribution is 0.102. The van der Waals surface area contributed by atoms with E-state index < -0.39 is 0 Å². The van der Waals surface area contributed by atoms with Gasteiger partial charge in [0, 0.05) is 41.4 Å². The second-order valence-electron chi connectivity index (χ2n) is 6.32. The van der Waals surface area contributed by atoms with Crippen LogP contribution in [0.1, 0.15) is 24.2 Å². The highest BCUT2D eigenvalue weighted by atomic mass is 32.1. The van der Waals surface area contributed by atoms with Gasteiger partial charge in [0.25, 0.3) is 5.91 Å². The number of methoxy groups -OCH3 is 2. The molecule has 1 aromatic heterocycles. The largest absolute Gasteiger partial charge is 0.497 e. The van der Waals surface area contributed by atoms with Gasteiger partial charge in [-0.05, 0) is 38.1 Å². The number of rotatable bonds is 8. The van der Waals surface area contributed by atoms with E-state index in [2.05, 4.69) is 29.4 Å². The second kappa shape index (κ2) is 9.43. The number of amides is 1. The maximum atomic E-state index is 12.6. The molecule has 0 saturated heterocycles. The quantitative estimate of drug-likeness (QED) is 0.570. The summed E-state index contributed by atoms with van der Waals surface area (Å²) in [6.45, 7) is 6.12. The monoisotopic (exact) mass is 411 g/mol. The van der Waals surface area contributed by atoms with E-state index in [4.69, 9.17) is 14.5 Å². The molecule has 0 atom stereocenters. The minimum atomic E-state index is -0.229. The Hall–Kier alpha value is -3.06. The molecule has 3 rings (SSSR count). The summed E-state index contributed by atoms with van der Waals surface area (Å²) in [7, 11) is 3.11. The number of hydrogen-bond acceptors (Lipinski definition) is 6. The molecule has 1 amide bonds. The lowest BCUT2D eigenvalue weighted by Gasteiger charge is -2.16. The Morgan fingerprint density at radius 1 is 1.03 bits per heavy atom. The molecular formula is C22H25N3O3S. The highest BCUT2D eigenvalue weighted by Crippen LogP contribution is 2.28. The Labute approximate surface area is 175 Å². The molecule has 1 heterocycles. The van der Waals surface area contributed by atoms with E-state index in [-0.39, 0.29) is 5.91 Å². The van der Waals surface area contributed by atoms with E-state index in [1.54, 1.807) is 43.8 Å². The molecule has 0 saturated carbocycles. The standard InChI is InChI=1S/C22H25N3O3S/c1-5-25(6-2)22-24-20(14-29-22)15-7-9-17(10-8-15)23-21(26)16-11-18(27-3)13-19(12-16)28-4/h7-14H,5-6H2,1-4H3,(H,23,26). The molecule has 29 heavy (non-hydrogen) atoms. The number of nitrogens with zero attached hydrogens (tertiary/aromatic N) is 2. The van der Waals surface area contributed by atoms with E-state index in [0.717, 1.165) is 29.5 Å². The van der Waals surface area contributed by atoms with Crippen molar-refractivity contribution in [3.05, 3.63) is 53.4 Å². The summed E-state index contributed by atoms with van der Waals surface area (Å²) in [5.41, 5.74) is 3.13.